The maximum atomic E-state index is 11.8. The van der Waals surface area contributed by atoms with Gasteiger partial charge in [0.05, 0.1) is 18.0 Å². The fraction of sp³-hybridized carbons (Fsp3) is 0.125. The van der Waals surface area contributed by atoms with Crippen molar-refractivity contribution in [2.45, 2.75) is 0 Å². The number of carbonyl (C=O) groups is 1. The smallest absolute Gasteiger partial charge is 0.270 e. The molecule has 4 N–H and O–H groups in total. The lowest BCUT2D eigenvalue weighted by Gasteiger charge is -2.05. The minimum Gasteiger partial charge on any atom is -0.409 e. The summed E-state index contributed by atoms with van der Waals surface area (Å²) in [5, 5.41) is 21.6. The number of aryl methyl sites for hydroxylation is 1. The maximum Gasteiger partial charge on any atom is 0.270 e. The second-order valence-electron chi connectivity index (χ2n) is 3.25. The molecule has 0 radical (unpaired) electrons. The third kappa shape index (κ3) is 2.13. The number of amides is 1. The van der Waals surface area contributed by atoms with E-state index in [0.29, 0.717) is 16.3 Å². The Hall–Kier alpha value is -2.49. The van der Waals surface area contributed by atoms with Crippen LogP contribution in [0.15, 0.2) is 17.5 Å². The summed E-state index contributed by atoms with van der Waals surface area (Å²) in [6, 6.07) is 0. The highest BCUT2D eigenvalue weighted by atomic mass is 32.1. The molecule has 0 aliphatic carbocycles. The van der Waals surface area contributed by atoms with E-state index in [1.807, 2.05) is 0 Å². The van der Waals surface area contributed by atoms with Gasteiger partial charge in [-0.15, -0.1) is 5.10 Å². The Balaban J connectivity index is 2.29. The maximum absolute atomic E-state index is 11.8. The lowest BCUT2D eigenvalue weighted by atomic mass is 10.3. The van der Waals surface area contributed by atoms with Gasteiger partial charge in [-0.1, -0.05) is 9.64 Å². The summed E-state index contributed by atoms with van der Waals surface area (Å²) < 4.78 is 4.99. The average Bonchev–Trinajstić information content (AvgIpc) is 2.99. The molecular weight excluding hydrogens is 258 g/mol. The van der Waals surface area contributed by atoms with Crippen LogP contribution in [-0.2, 0) is 7.05 Å². The van der Waals surface area contributed by atoms with E-state index in [-0.39, 0.29) is 11.7 Å². The number of nitrogens with zero attached hydrogens (tertiary/aromatic N) is 5. The lowest BCUT2D eigenvalue weighted by molar-refractivity contribution is 0.102. The van der Waals surface area contributed by atoms with Crippen molar-refractivity contribution in [1.29, 1.82) is 0 Å². The fourth-order valence-corrected chi connectivity index (χ4v) is 1.67. The normalized spacial score (nSPS) is 11.5. The van der Waals surface area contributed by atoms with Crippen LogP contribution >= 0.6 is 11.5 Å². The Morgan fingerprint density at radius 2 is 2.39 bits per heavy atom. The number of nitrogens with two attached hydrogens (primary N) is 1. The van der Waals surface area contributed by atoms with Crippen molar-refractivity contribution in [3.05, 3.63) is 22.8 Å². The van der Waals surface area contributed by atoms with Gasteiger partial charge in [0.1, 0.15) is 10.7 Å². The average molecular weight is 267 g/mol. The first-order valence-corrected chi connectivity index (χ1v) is 5.49. The first-order valence-electron chi connectivity index (χ1n) is 4.72. The van der Waals surface area contributed by atoms with Gasteiger partial charge in [0.2, 0.25) is 0 Å². The van der Waals surface area contributed by atoms with Crippen LogP contribution in [0.2, 0.25) is 0 Å². The Morgan fingerprint density at radius 3 is 3.00 bits per heavy atom. The van der Waals surface area contributed by atoms with Crippen LogP contribution in [0.4, 0.5) is 5.82 Å². The number of nitrogens with one attached hydrogen (secondary N) is 1. The van der Waals surface area contributed by atoms with Crippen molar-refractivity contribution in [2.75, 3.05) is 5.32 Å². The molecule has 10 heteroatoms. The Bertz CT molecular complexity index is 589. The molecule has 18 heavy (non-hydrogen) atoms. The van der Waals surface area contributed by atoms with Gasteiger partial charge in [0.25, 0.3) is 5.91 Å². The molecule has 9 nitrogen and oxygen atoms in total. The summed E-state index contributed by atoms with van der Waals surface area (Å²) in [5.74, 6) is -0.204. The molecule has 94 valence electrons. The van der Waals surface area contributed by atoms with E-state index >= 15 is 0 Å². The molecule has 1 amide bonds. The first kappa shape index (κ1) is 12.0. The number of carbonyl (C=O) groups excluding carboxylic acids is 1. The number of anilines is 1. The molecule has 0 spiro atoms. The zero-order valence-electron chi connectivity index (χ0n) is 9.23. The molecular formula is C8H9N7O2S. The number of aromatic nitrogens is 4. The van der Waals surface area contributed by atoms with Crippen LogP contribution in [-0.4, -0.2) is 36.3 Å². The SMILES string of the molecule is Cn1ncc(C(N)=NO)c1NC(=O)c1cnns1. The first-order chi connectivity index (χ1) is 8.63. The summed E-state index contributed by atoms with van der Waals surface area (Å²) in [7, 11) is 1.62. The van der Waals surface area contributed by atoms with Gasteiger partial charge in [0, 0.05) is 7.05 Å². The van der Waals surface area contributed by atoms with E-state index in [2.05, 4.69) is 25.2 Å². The third-order valence-electron chi connectivity index (χ3n) is 2.14. The van der Waals surface area contributed by atoms with Gasteiger partial charge in [-0.3, -0.25) is 9.48 Å². The van der Waals surface area contributed by atoms with E-state index in [9.17, 15) is 4.79 Å². The highest BCUT2D eigenvalue weighted by molar-refractivity contribution is 7.07. The molecule has 2 aromatic rings. The van der Waals surface area contributed by atoms with Crippen molar-refractivity contribution < 1.29 is 10.0 Å². The second kappa shape index (κ2) is 4.79. The van der Waals surface area contributed by atoms with Crippen LogP contribution in [0, 0.1) is 0 Å². The highest BCUT2D eigenvalue weighted by Gasteiger charge is 2.17. The number of hydrogen-bond donors (Lipinski definition) is 3. The van der Waals surface area contributed by atoms with E-state index < -0.39 is 0 Å². The number of hydrogen-bond acceptors (Lipinski definition) is 7. The molecule has 0 fully saturated rings. The van der Waals surface area contributed by atoms with Gasteiger partial charge in [-0.25, -0.2) is 0 Å². The second-order valence-corrected chi connectivity index (χ2v) is 4.04. The van der Waals surface area contributed by atoms with E-state index in [1.54, 1.807) is 7.05 Å². The molecule has 0 atom stereocenters. The van der Waals surface area contributed by atoms with Crippen molar-refractivity contribution in [3.8, 4) is 0 Å². The molecule has 0 saturated heterocycles. The molecule has 0 saturated carbocycles. The van der Waals surface area contributed by atoms with Crippen LogP contribution in [0.25, 0.3) is 0 Å². The van der Waals surface area contributed by atoms with Gasteiger partial charge >= 0.3 is 0 Å². The highest BCUT2D eigenvalue weighted by Crippen LogP contribution is 2.15. The Morgan fingerprint density at radius 1 is 1.61 bits per heavy atom. The molecule has 0 aromatic carbocycles. The standard InChI is InChI=1S/C8H9N7O2S/c1-15-7(4(2-11-15)6(9)13-17)12-8(16)5-3-10-14-18-5/h2-3,17H,1H3,(H2,9,13)(H,12,16). The molecule has 0 unspecified atom stereocenters. The molecule has 0 aliphatic heterocycles. The van der Waals surface area contributed by atoms with E-state index in [0.717, 1.165) is 11.5 Å². The number of amidine groups is 1. The van der Waals surface area contributed by atoms with Crippen molar-refractivity contribution in [1.82, 2.24) is 19.4 Å². The largest absolute Gasteiger partial charge is 0.409 e. The predicted molar refractivity (Wildman–Crippen MR) is 63.6 cm³/mol. The van der Waals surface area contributed by atoms with Crippen LogP contribution in [0.5, 0.6) is 0 Å². The number of rotatable bonds is 3. The summed E-state index contributed by atoms with van der Waals surface area (Å²) in [6.07, 6.45) is 2.73. The fourth-order valence-electron chi connectivity index (χ4n) is 1.26. The lowest BCUT2D eigenvalue weighted by Crippen LogP contribution is -2.19. The molecule has 2 rings (SSSR count). The third-order valence-corrected chi connectivity index (χ3v) is 2.80. The predicted octanol–water partition coefficient (Wildman–Crippen LogP) is -0.382. The monoisotopic (exact) mass is 267 g/mol. The van der Waals surface area contributed by atoms with Gasteiger partial charge < -0.3 is 16.3 Å². The summed E-state index contributed by atoms with van der Waals surface area (Å²) >= 11 is 0.965. The summed E-state index contributed by atoms with van der Waals surface area (Å²) in [5.41, 5.74) is 5.80. The summed E-state index contributed by atoms with van der Waals surface area (Å²) in [6.45, 7) is 0. The van der Waals surface area contributed by atoms with Gasteiger partial charge in [0.15, 0.2) is 5.84 Å². The zero-order chi connectivity index (χ0) is 13.1. The van der Waals surface area contributed by atoms with Crippen molar-refractivity contribution in [3.63, 3.8) is 0 Å². The Kier molecular flexibility index (Phi) is 3.19. The van der Waals surface area contributed by atoms with Crippen LogP contribution in [0.1, 0.15) is 15.2 Å². The van der Waals surface area contributed by atoms with Crippen LogP contribution in [0.3, 0.4) is 0 Å². The van der Waals surface area contributed by atoms with Crippen LogP contribution < -0.4 is 11.1 Å². The topological polar surface area (TPSA) is 131 Å². The molecule has 2 aromatic heterocycles. The summed E-state index contributed by atoms with van der Waals surface area (Å²) in [4.78, 5) is 12.2. The quantitative estimate of drug-likeness (QED) is 0.300. The zero-order valence-corrected chi connectivity index (χ0v) is 10.0. The number of oxime groups is 1. The minimum absolute atomic E-state index is 0.138. The minimum atomic E-state index is -0.388. The van der Waals surface area contributed by atoms with Gasteiger partial charge in [-0.2, -0.15) is 5.10 Å². The van der Waals surface area contributed by atoms with Gasteiger partial charge in [-0.05, 0) is 11.5 Å². The van der Waals surface area contributed by atoms with Crippen molar-refractivity contribution in [2.24, 2.45) is 17.9 Å². The molecule has 2 heterocycles. The van der Waals surface area contributed by atoms with E-state index in [4.69, 9.17) is 10.9 Å². The van der Waals surface area contributed by atoms with Crippen molar-refractivity contribution >= 4 is 29.1 Å². The van der Waals surface area contributed by atoms with E-state index in [1.165, 1.54) is 17.1 Å². The molecule has 0 bridgehead atoms. The molecule has 0 aliphatic rings. The Labute approximate surface area is 105 Å².